The number of methoxy groups -OCH3 is 1. The van der Waals surface area contributed by atoms with Gasteiger partial charge >= 0.3 is 0 Å². The number of rotatable bonds is 4. The van der Waals surface area contributed by atoms with Crippen LogP contribution in [0.3, 0.4) is 0 Å². The van der Waals surface area contributed by atoms with Crippen molar-refractivity contribution in [1.82, 2.24) is 0 Å². The molecule has 0 aromatic heterocycles. The van der Waals surface area contributed by atoms with E-state index < -0.39 is 0 Å². The fourth-order valence-corrected chi connectivity index (χ4v) is 2.39. The molecule has 0 saturated heterocycles. The summed E-state index contributed by atoms with van der Waals surface area (Å²) in [6.07, 6.45) is 0. The molecule has 0 radical (unpaired) electrons. The maximum Gasteiger partial charge on any atom is 0.124 e. The van der Waals surface area contributed by atoms with Gasteiger partial charge < -0.3 is 14.9 Å². The molecule has 0 aliphatic rings. The lowest BCUT2D eigenvalue weighted by Gasteiger charge is -2.16. The van der Waals surface area contributed by atoms with Gasteiger partial charge in [-0.3, -0.25) is 0 Å². The van der Waals surface area contributed by atoms with Crippen molar-refractivity contribution in [3.63, 3.8) is 0 Å². The molecule has 0 amide bonds. The Morgan fingerprint density at radius 3 is 2.20 bits per heavy atom. The van der Waals surface area contributed by atoms with E-state index in [1.807, 2.05) is 19.9 Å². The number of ether oxygens (including phenoxy) is 1. The van der Waals surface area contributed by atoms with Crippen molar-refractivity contribution >= 4 is 0 Å². The molecule has 20 heavy (non-hydrogen) atoms. The second-order valence-corrected chi connectivity index (χ2v) is 4.96. The lowest BCUT2D eigenvalue weighted by Crippen LogP contribution is -1.99. The van der Waals surface area contributed by atoms with Crippen LogP contribution < -0.4 is 4.74 Å². The third kappa shape index (κ3) is 2.69. The number of aryl methyl sites for hydroxylation is 2. The highest BCUT2D eigenvalue weighted by atomic mass is 16.5. The van der Waals surface area contributed by atoms with Crippen LogP contribution in [0.1, 0.15) is 22.3 Å². The van der Waals surface area contributed by atoms with Crippen molar-refractivity contribution in [2.75, 3.05) is 7.11 Å². The summed E-state index contributed by atoms with van der Waals surface area (Å²) in [6, 6.07) is 9.91. The molecule has 2 aromatic rings. The summed E-state index contributed by atoms with van der Waals surface area (Å²) >= 11 is 0. The van der Waals surface area contributed by atoms with Gasteiger partial charge in [-0.25, -0.2) is 0 Å². The van der Waals surface area contributed by atoms with Crippen molar-refractivity contribution in [3.05, 3.63) is 52.6 Å². The van der Waals surface area contributed by atoms with Crippen molar-refractivity contribution < 1.29 is 14.9 Å². The fourth-order valence-electron chi connectivity index (χ4n) is 2.39. The van der Waals surface area contributed by atoms with Gasteiger partial charge in [-0.2, -0.15) is 0 Å². The predicted octanol–water partition coefficient (Wildman–Crippen LogP) is 2.96. The lowest BCUT2D eigenvalue weighted by molar-refractivity contribution is 0.270. The highest BCUT2D eigenvalue weighted by Crippen LogP contribution is 2.33. The number of benzene rings is 2. The topological polar surface area (TPSA) is 49.7 Å². The number of hydrogen-bond donors (Lipinski definition) is 2. The first-order chi connectivity index (χ1) is 9.60. The zero-order valence-corrected chi connectivity index (χ0v) is 12.1. The van der Waals surface area contributed by atoms with Gasteiger partial charge in [0, 0.05) is 5.56 Å². The van der Waals surface area contributed by atoms with E-state index in [1.165, 1.54) is 0 Å². The molecule has 3 heteroatoms. The minimum Gasteiger partial charge on any atom is -0.496 e. The standard InChI is InChI=1S/C17H20O3/c1-11-4-5-12(2)15(6-11)16-7-14(10-19)17(20-3)8-13(16)9-18/h4-8,18-19H,9-10H2,1-3H3. The minimum absolute atomic E-state index is 0.0647. The first kappa shape index (κ1) is 14.6. The normalized spacial score (nSPS) is 10.7. The minimum atomic E-state index is -0.0905. The van der Waals surface area contributed by atoms with Crippen LogP contribution in [0.25, 0.3) is 11.1 Å². The largest absolute Gasteiger partial charge is 0.496 e. The van der Waals surface area contributed by atoms with E-state index in [4.69, 9.17) is 4.74 Å². The van der Waals surface area contributed by atoms with Crippen molar-refractivity contribution in [2.24, 2.45) is 0 Å². The molecule has 0 fully saturated rings. The smallest absolute Gasteiger partial charge is 0.124 e. The molecule has 0 bridgehead atoms. The summed E-state index contributed by atoms with van der Waals surface area (Å²) in [6.45, 7) is 3.92. The molecule has 3 nitrogen and oxygen atoms in total. The van der Waals surface area contributed by atoms with E-state index in [0.29, 0.717) is 5.75 Å². The van der Waals surface area contributed by atoms with Crippen molar-refractivity contribution in [2.45, 2.75) is 27.1 Å². The van der Waals surface area contributed by atoms with Gasteiger partial charge in [0.15, 0.2) is 0 Å². The first-order valence-corrected chi connectivity index (χ1v) is 6.59. The van der Waals surface area contributed by atoms with E-state index in [-0.39, 0.29) is 13.2 Å². The van der Waals surface area contributed by atoms with E-state index in [0.717, 1.165) is 33.4 Å². The Hall–Kier alpha value is -1.84. The average Bonchev–Trinajstić information content (AvgIpc) is 2.48. The molecule has 0 spiro atoms. The Bertz CT molecular complexity index is 618. The molecule has 2 N–H and O–H groups in total. The maximum atomic E-state index is 9.61. The number of aliphatic hydroxyl groups excluding tert-OH is 2. The quantitative estimate of drug-likeness (QED) is 0.899. The molecule has 106 valence electrons. The third-order valence-corrected chi connectivity index (χ3v) is 3.53. The molecule has 2 aromatic carbocycles. The lowest BCUT2D eigenvalue weighted by atomic mass is 9.93. The van der Waals surface area contributed by atoms with Gasteiger partial charge in [-0.05, 0) is 48.2 Å². The second kappa shape index (κ2) is 6.07. The zero-order chi connectivity index (χ0) is 14.7. The van der Waals surface area contributed by atoms with Crippen LogP contribution in [-0.4, -0.2) is 17.3 Å². The van der Waals surface area contributed by atoms with Gasteiger partial charge in [0.1, 0.15) is 5.75 Å². The Morgan fingerprint density at radius 2 is 1.60 bits per heavy atom. The van der Waals surface area contributed by atoms with Gasteiger partial charge in [0.25, 0.3) is 0 Å². The Kier molecular flexibility index (Phi) is 4.42. The summed E-state index contributed by atoms with van der Waals surface area (Å²) in [5, 5.41) is 19.1. The Balaban J connectivity index is 2.69. The van der Waals surface area contributed by atoms with E-state index in [1.54, 1.807) is 13.2 Å². The van der Waals surface area contributed by atoms with Gasteiger partial charge in [0.05, 0.1) is 20.3 Å². The number of hydrogen-bond acceptors (Lipinski definition) is 3. The molecule has 0 atom stereocenters. The molecular weight excluding hydrogens is 252 g/mol. The van der Waals surface area contributed by atoms with Crippen molar-refractivity contribution in [1.29, 1.82) is 0 Å². The molecule has 2 rings (SSSR count). The Labute approximate surface area is 119 Å². The van der Waals surface area contributed by atoms with Crippen LogP contribution in [-0.2, 0) is 13.2 Å². The Morgan fingerprint density at radius 1 is 0.900 bits per heavy atom. The fraction of sp³-hybridized carbons (Fsp3) is 0.294. The van der Waals surface area contributed by atoms with Crippen LogP contribution in [0.2, 0.25) is 0 Å². The summed E-state index contributed by atoms with van der Waals surface area (Å²) < 4.78 is 5.25. The summed E-state index contributed by atoms with van der Waals surface area (Å²) in [7, 11) is 1.56. The van der Waals surface area contributed by atoms with Crippen LogP contribution in [0.5, 0.6) is 5.75 Å². The van der Waals surface area contributed by atoms with Crippen LogP contribution in [0, 0.1) is 13.8 Å². The number of aliphatic hydroxyl groups is 2. The summed E-state index contributed by atoms with van der Waals surface area (Å²) in [5.74, 6) is 0.602. The molecule has 0 saturated carbocycles. The highest BCUT2D eigenvalue weighted by molar-refractivity contribution is 5.73. The molecule has 0 aliphatic carbocycles. The summed E-state index contributed by atoms with van der Waals surface area (Å²) in [4.78, 5) is 0. The monoisotopic (exact) mass is 272 g/mol. The van der Waals surface area contributed by atoms with Gasteiger partial charge in [0.2, 0.25) is 0 Å². The molecule has 0 unspecified atom stereocenters. The third-order valence-electron chi connectivity index (χ3n) is 3.53. The molecular formula is C17H20O3. The maximum absolute atomic E-state index is 9.61. The van der Waals surface area contributed by atoms with Gasteiger partial charge in [-0.15, -0.1) is 0 Å². The molecule has 0 heterocycles. The zero-order valence-electron chi connectivity index (χ0n) is 12.1. The molecule has 0 aliphatic heterocycles. The van der Waals surface area contributed by atoms with Gasteiger partial charge in [-0.1, -0.05) is 23.8 Å². The summed E-state index contributed by atoms with van der Waals surface area (Å²) in [5.41, 5.74) is 5.84. The van der Waals surface area contributed by atoms with Crippen molar-refractivity contribution in [3.8, 4) is 16.9 Å². The van der Waals surface area contributed by atoms with Crippen LogP contribution in [0.4, 0.5) is 0 Å². The SMILES string of the molecule is COc1cc(CO)c(-c2cc(C)ccc2C)cc1CO. The second-order valence-electron chi connectivity index (χ2n) is 4.96. The predicted molar refractivity (Wildman–Crippen MR) is 79.7 cm³/mol. The van der Waals surface area contributed by atoms with Crippen LogP contribution >= 0.6 is 0 Å². The highest BCUT2D eigenvalue weighted by Gasteiger charge is 2.13. The van der Waals surface area contributed by atoms with E-state index in [2.05, 4.69) is 18.2 Å². The average molecular weight is 272 g/mol. The van der Waals surface area contributed by atoms with E-state index in [9.17, 15) is 10.2 Å². The first-order valence-electron chi connectivity index (χ1n) is 6.59. The van der Waals surface area contributed by atoms with Crippen LogP contribution in [0.15, 0.2) is 30.3 Å². The van der Waals surface area contributed by atoms with E-state index >= 15 is 0 Å².